The third-order valence-electron chi connectivity index (χ3n) is 3.84. The number of rotatable bonds is 12. The summed E-state index contributed by atoms with van der Waals surface area (Å²) in [5, 5.41) is -7.67. The molecule has 0 bridgehead atoms. The van der Waals surface area contributed by atoms with E-state index in [1.807, 2.05) is 0 Å². The van der Waals surface area contributed by atoms with Gasteiger partial charge in [-0.1, -0.05) is 6.58 Å². The molecule has 0 unspecified atom stereocenters. The van der Waals surface area contributed by atoms with Crippen molar-refractivity contribution in [2.75, 3.05) is 13.2 Å². The van der Waals surface area contributed by atoms with Crippen molar-refractivity contribution in [3.63, 3.8) is 0 Å². The minimum atomic E-state index is -8.90. The molecule has 0 atom stereocenters. The lowest BCUT2D eigenvalue weighted by Gasteiger charge is -2.42. The summed E-state index contributed by atoms with van der Waals surface area (Å²) < 4.78 is 249. The van der Waals surface area contributed by atoms with Gasteiger partial charge in [0.15, 0.2) is 0 Å². The highest BCUT2D eigenvalue weighted by atomic mass is 32.2. The molecule has 0 saturated heterocycles. The van der Waals surface area contributed by atoms with Crippen molar-refractivity contribution in [1.29, 1.82) is 0 Å². The Labute approximate surface area is 187 Å². The van der Waals surface area contributed by atoms with Gasteiger partial charge in [-0.3, -0.25) is 0 Å². The Hall–Kier alpha value is -2.07. The molecule has 0 amide bonds. The lowest BCUT2D eigenvalue weighted by Crippen LogP contribution is -2.75. The number of nitrogens with one attached hydrogen (secondary N) is 1. The minimum absolute atomic E-state index is 0.270. The molecule has 0 aromatic rings. The van der Waals surface area contributed by atoms with Crippen LogP contribution in [0.1, 0.15) is 0 Å². The summed E-state index contributed by atoms with van der Waals surface area (Å²) in [6.07, 6.45) is -7.54. The number of carbonyl (C=O) groups excluding carboxylic acids is 1. The van der Waals surface area contributed by atoms with E-state index in [-0.39, 0.29) is 4.72 Å². The summed E-state index contributed by atoms with van der Waals surface area (Å²) in [6, 6.07) is 0. The van der Waals surface area contributed by atoms with Crippen molar-refractivity contribution in [1.82, 2.24) is 4.72 Å². The average Bonchev–Trinajstić information content (AvgIpc) is 2.68. The fraction of sp³-hybridized carbons (Fsp3) is 0.769. The van der Waals surface area contributed by atoms with E-state index in [4.69, 9.17) is 0 Å². The Bertz CT molecular complexity index is 941. The molecule has 0 rings (SSSR count). The molecule has 214 valence electrons. The first-order valence-electron chi connectivity index (χ1n) is 7.95. The van der Waals surface area contributed by atoms with Crippen LogP contribution >= 0.6 is 0 Å². The quantitative estimate of drug-likeness (QED) is 0.155. The molecule has 0 aliphatic rings. The number of alkyl halides is 17. The molecule has 0 aliphatic carbocycles. The molecule has 0 aromatic heterocycles. The molecule has 36 heavy (non-hydrogen) atoms. The van der Waals surface area contributed by atoms with E-state index < -0.39 is 76.1 Å². The number of carbonyl (C=O) groups is 1. The maximum atomic E-state index is 13.7. The highest BCUT2D eigenvalue weighted by Gasteiger charge is 2.96. The van der Waals surface area contributed by atoms with Crippen LogP contribution in [0.4, 0.5) is 74.6 Å². The molecule has 0 radical (unpaired) electrons. The predicted octanol–water partition coefficient (Wildman–Crippen LogP) is 4.60. The van der Waals surface area contributed by atoms with Crippen LogP contribution in [0.5, 0.6) is 0 Å². The number of hydrogen-bond acceptors (Lipinski definition) is 4. The Balaban J connectivity index is 6.55. The van der Waals surface area contributed by atoms with Gasteiger partial charge in [0, 0.05) is 12.6 Å². The predicted molar refractivity (Wildman–Crippen MR) is 78.8 cm³/mol. The van der Waals surface area contributed by atoms with Gasteiger partial charge in [0.25, 0.3) is 10.0 Å². The van der Waals surface area contributed by atoms with E-state index in [2.05, 4.69) is 11.3 Å². The number of ether oxygens (including phenoxy) is 1. The second kappa shape index (κ2) is 9.35. The fourth-order valence-electron chi connectivity index (χ4n) is 1.80. The Morgan fingerprint density at radius 2 is 1.00 bits per heavy atom. The Morgan fingerprint density at radius 1 is 0.667 bits per heavy atom. The molecule has 0 aromatic carbocycles. The van der Waals surface area contributed by atoms with Gasteiger partial charge in [-0.25, -0.2) is 17.9 Å². The van der Waals surface area contributed by atoms with Crippen molar-refractivity contribution < 1.29 is 92.6 Å². The molecule has 0 fully saturated rings. The van der Waals surface area contributed by atoms with Gasteiger partial charge in [0.2, 0.25) is 0 Å². The van der Waals surface area contributed by atoms with Gasteiger partial charge in [-0.05, 0) is 0 Å². The van der Waals surface area contributed by atoms with Gasteiger partial charge < -0.3 is 4.74 Å². The largest absolute Gasteiger partial charge is 0.461 e. The first-order valence-corrected chi connectivity index (χ1v) is 9.43. The first kappa shape index (κ1) is 33.9. The highest BCUT2D eigenvalue weighted by Crippen LogP contribution is 2.64. The molecule has 0 heterocycles. The van der Waals surface area contributed by atoms with E-state index in [1.54, 1.807) is 0 Å². The van der Waals surface area contributed by atoms with E-state index in [0.29, 0.717) is 6.08 Å². The third kappa shape index (κ3) is 4.78. The molecule has 0 aliphatic heterocycles. The molecular weight excluding hydrogens is 589 g/mol. The molecule has 5 nitrogen and oxygen atoms in total. The van der Waals surface area contributed by atoms with Crippen LogP contribution in [0.2, 0.25) is 0 Å². The lowest BCUT2D eigenvalue weighted by molar-refractivity contribution is -0.458. The van der Waals surface area contributed by atoms with Crippen LogP contribution in [0.25, 0.3) is 0 Å². The van der Waals surface area contributed by atoms with Crippen molar-refractivity contribution in [3.05, 3.63) is 12.7 Å². The summed E-state index contributed by atoms with van der Waals surface area (Å²) >= 11 is 0. The monoisotopic (exact) mass is 597 g/mol. The van der Waals surface area contributed by atoms with Crippen LogP contribution in [0, 0.1) is 0 Å². The number of hydrogen-bond donors (Lipinski definition) is 1. The second-order valence-corrected chi connectivity index (χ2v) is 8.04. The van der Waals surface area contributed by atoms with Gasteiger partial charge in [-0.15, -0.1) is 0 Å². The number of esters is 1. The standard InChI is InChI=1S/C13H8F17NO4S/c1-2-5(32)35-4-3-31-36(33,34)13(29,30)11(24,25)9(20,21)7(16,17)6(14,15)8(18,19)10(22,23)12(26,27)28/h2,31H,1,3-4H2. The number of halogens is 17. The first-order chi connectivity index (χ1) is 15.5. The van der Waals surface area contributed by atoms with E-state index in [0.717, 1.165) is 0 Å². The van der Waals surface area contributed by atoms with E-state index in [9.17, 15) is 87.8 Å². The Kier molecular flexibility index (Phi) is 8.81. The molecule has 0 saturated carbocycles. The SMILES string of the molecule is C=CC(=O)OCCNS(=O)(=O)C(F)(F)C(F)(F)C(F)(F)C(F)(F)C(F)(F)C(F)(F)C(F)(F)C(F)(F)F. The maximum absolute atomic E-state index is 13.7. The fourth-order valence-corrected chi connectivity index (χ4v) is 2.79. The summed E-state index contributed by atoms with van der Waals surface area (Å²) in [7, 11) is -7.42. The Morgan fingerprint density at radius 3 is 1.33 bits per heavy atom. The van der Waals surface area contributed by atoms with Gasteiger partial charge in [-0.2, -0.15) is 74.6 Å². The molecule has 1 N–H and O–H groups in total. The minimum Gasteiger partial charge on any atom is -0.461 e. The van der Waals surface area contributed by atoms with Crippen molar-refractivity contribution in [3.8, 4) is 0 Å². The van der Waals surface area contributed by atoms with Crippen LogP contribution in [-0.2, 0) is 19.6 Å². The van der Waals surface area contributed by atoms with Crippen LogP contribution in [-0.4, -0.2) is 74.5 Å². The van der Waals surface area contributed by atoms with Crippen molar-refractivity contribution in [2.45, 2.75) is 47.0 Å². The third-order valence-corrected chi connectivity index (χ3v) is 5.35. The van der Waals surface area contributed by atoms with Crippen LogP contribution in [0.15, 0.2) is 12.7 Å². The average molecular weight is 597 g/mol. The van der Waals surface area contributed by atoms with Crippen LogP contribution in [0.3, 0.4) is 0 Å². The summed E-state index contributed by atoms with van der Waals surface area (Å²) in [5.41, 5.74) is 0. The van der Waals surface area contributed by atoms with Gasteiger partial charge in [0.05, 0.1) is 0 Å². The number of sulfonamides is 1. The smallest absolute Gasteiger partial charge is 0.460 e. The lowest BCUT2D eigenvalue weighted by atomic mass is 9.91. The molecule has 23 heteroatoms. The zero-order chi connectivity index (χ0) is 29.6. The van der Waals surface area contributed by atoms with Gasteiger partial charge in [0.1, 0.15) is 6.61 Å². The van der Waals surface area contributed by atoms with Gasteiger partial charge >= 0.3 is 52.9 Å². The second-order valence-electron chi connectivity index (χ2n) is 6.23. The summed E-state index contributed by atoms with van der Waals surface area (Å²) in [4.78, 5) is 10.6. The summed E-state index contributed by atoms with van der Waals surface area (Å²) in [6.45, 7) is -0.322. The molecule has 0 spiro atoms. The zero-order valence-electron chi connectivity index (χ0n) is 16.2. The topological polar surface area (TPSA) is 72.5 Å². The van der Waals surface area contributed by atoms with Crippen LogP contribution < -0.4 is 4.72 Å². The van der Waals surface area contributed by atoms with E-state index >= 15 is 0 Å². The van der Waals surface area contributed by atoms with E-state index in [1.165, 1.54) is 0 Å². The zero-order valence-corrected chi connectivity index (χ0v) is 17.0. The summed E-state index contributed by atoms with van der Waals surface area (Å²) in [5.74, 6) is -53.4. The molecular formula is C13H8F17NO4S. The maximum Gasteiger partial charge on any atom is 0.460 e. The van der Waals surface area contributed by atoms with Crippen molar-refractivity contribution in [2.24, 2.45) is 0 Å². The normalized spacial score (nSPS) is 15.6. The highest BCUT2D eigenvalue weighted by molar-refractivity contribution is 7.90. The van der Waals surface area contributed by atoms with Crippen molar-refractivity contribution >= 4 is 16.0 Å².